The van der Waals surface area contributed by atoms with E-state index in [9.17, 15) is 19.2 Å². The van der Waals surface area contributed by atoms with Gasteiger partial charge < -0.3 is 36.1 Å². The second-order valence-corrected chi connectivity index (χ2v) is 12.9. The van der Waals surface area contributed by atoms with Crippen molar-refractivity contribution in [3.8, 4) is 11.1 Å². The van der Waals surface area contributed by atoms with Gasteiger partial charge in [-0.15, -0.1) is 0 Å². The maximum atomic E-state index is 13.9. The van der Waals surface area contributed by atoms with Crippen molar-refractivity contribution in [2.24, 2.45) is 5.73 Å². The number of rotatable bonds is 15. The van der Waals surface area contributed by atoms with Crippen molar-refractivity contribution in [1.29, 1.82) is 0 Å². The number of carbonyl (C=O) groups excluding carboxylic acids is 3. The van der Waals surface area contributed by atoms with E-state index in [0.717, 1.165) is 38.8 Å². The van der Waals surface area contributed by atoms with Crippen LogP contribution < -0.4 is 27.2 Å². The average Bonchev–Trinajstić information content (AvgIpc) is 3.46. The monoisotopic (exact) mass is 701 g/mol. The highest BCUT2D eigenvalue weighted by Crippen LogP contribution is 2.44. The summed E-state index contributed by atoms with van der Waals surface area (Å²) in [6, 6.07) is 30.2. The van der Waals surface area contributed by atoms with Crippen LogP contribution in [0.4, 0.5) is 10.5 Å². The van der Waals surface area contributed by atoms with Crippen LogP contribution in [-0.4, -0.2) is 54.7 Å². The zero-order valence-corrected chi connectivity index (χ0v) is 29.0. The maximum Gasteiger partial charge on any atom is 0.407 e. The van der Waals surface area contributed by atoms with Crippen molar-refractivity contribution < 1.29 is 23.9 Å². The predicted molar refractivity (Wildman–Crippen MR) is 201 cm³/mol. The third kappa shape index (κ3) is 8.74. The molecule has 2 atom stereocenters. The number of nitrogens with two attached hydrogens (primary N) is 1. The first kappa shape index (κ1) is 36.0. The third-order valence-corrected chi connectivity index (χ3v) is 9.25. The molecule has 6 rings (SSSR count). The number of hydrogen-bond donors (Lipinski definition) is 5. The van der Waals surface area contributed by atoms with Crippen LogP contribution in [0, 0.1) is 6.92 Å². The molecule has 0 saturated carbocycles. The zero-order valence-electron chi connectivity index (χ0n) is 29.0. The summed E-state index contributed by atoms with van der Waals surface area (Å²) >= 11 is 0. The third-order valence-electron chi connectivity index (χ3n) is 9.25. The molecular weight excluding hydrogens is 658 g/mol. The van der Waals surface area contributed by atoms with Crippen LogP contribution in [0.5, 0.6) is 0 Å². The Bertz CT molecular complexity index is 2050. The molecule has 268 valence electrons. The summed E-state index contributed by atoms with van der Waals surface area (Å²) < 4.78 is 11.6. The van der Waals surface area contributed by atoms with Crippen LogP contribution in [0.25, 0.3) is 22.0 Å². The molecule has 0 radical (unpaired) electrons. The first-order valence-electron chi connectivity index (χ1n) is 17.5. The molecule has 11 nitrogen and oxygen atoms in total. The van der Waals surface area contributed by atoms with E-state index in [1.165, 1.54) is 6.07 Å². The van der Waals surface area contributed by atoms with E-state index in [0.29, 0.717) is 37.0 Å². The molecular formula is C41H43N5O6. The lowest BCUT2D eigenvalue weighted by Gasteiger charge is -2.23. The summed E-state index contributed by atoms with van der Waals surface area (Å²) in [5.41, 5.74) is 12.6. The molecule has 0 spiro atoms. The lowest BCUT2D eigenvalue weighted by molar-refractivity contribution is -0.129. The molecule has 4 aromatic carbocycles. The number of pyridine rings is 1. The molecule has 3 amide bonds. The van der Waals surface area contributed by atoms with Gasteiger partial charge in [0.1, 0.15) is 18.7 Å². The number of aromatic amines is 1. The number of alkyl carbamates (subject to hydrolysis) is 1. The minimum atomic E-state index is -1.17. The molecule has 0 unspecified atom stereocenters. The molecule has 1 aromatic heterocycles. The van der Waals surface area contributed by atoms with Crippen molar-refractivity contribution in [3.05, 3.63) is 136 Å². The van der Waals surface area contributed by atoms with Gasteiger partial charge in [0.25, 0.3) is 0 Å². The van der Waals surface area contributed by atoms with E-state index >= 15 is 0 Å². The Kier molecular flexibility index (Phi) is 11.7. The van der Waals surface area contributed by atoms with Gasteiger partial charge in [-0.05, 0) is 78.2 Å². The van der Waals surface area contributed by atoms with Gasteiger partial charge >= 0.3 is 6.09 Å². The molecule has 0 bridgehead atoms. The van der Waals surface area contributed by atoms with Gasteiger partial charge in [-0.3, -0.25) is 14.4 Å². The number of H-pyrrole nitrogens is 1. The molecule has 11 heteroatoms. The molecule has 1 aliphatic rings. The summed E-state index contributed by atoms with van der Waals surface area (Å²) in [7, 11) is 0. The Labute approximate surface area is 301 Å². The molecule has 1 aliphatic carbocycles. The fourth-order valence-electron chi connectivity index (χ4n) is 6.61. The Morgan fingerprint density at radius 3 is 2.21 bits per heavy atom. The van der Waals surface area contributed by atoms with Gasteiger partial charge in [-0.25, -0.2) is 4.79 Å². The number of carbonyl (C=O) groups is 3. The first-order chi connectivity index (χ1) is 25.3. The molecule has 1 heterocycles. The van der Waals surface area contributed by atoms with Crippen molar-refractivity contribution in [1.82, 2.24) is 15.6 Å². The number of anilines is 1. The van der Waals surface area contributed by atoms with Gasteiger partial charge in [0.2, 0.25) is 17.4 Å². The van der Waals surface area contributed by atoms with Crippen molar-refractivity contribution >= 4 is 34.5 Å². The van der Waals surface area contributed by atoms with Gasteiger partial charge in [0, 0.05) is 23.1 Å². The first-order valence-corrected chi connectivity index (χ1v) is 17.5. The van der Waals surface area contributed by atoms with Gasteiger partial charge in [0.05, 0.1) is 18.7 Å². The lowest BCUT2D eigenvalue weighted by Crippen LogP contribution is -2.54. The van der Waals surface area contributed by atoms with Crippen LogP contribution in [0.15, 0.2) is 108 Å². The number of aromatic nitrogens is 1. The van der Waals surface area contributed by atoms with Crippen LogP contribution in [-0.2, 0) is 25.7 Å². The number of fused-ring (bicyclic) bond motifs is 4. The van der Waals surface area contributed by atoms with Crippen molar-refractivity contribution in [2.75, 3.05) is 25.1 Å². The fraction of sp³-hybridized carbons (Fsp3) is 0.268. The normalized spacial score (nSPS) is 13.1. The summed E-state index contributed by atoms with van der Waals surface area (Å²) in [5.74, 6) is -1.22. The Morgan fingerprint density at radius 2 is 1.50 bits per heavy atom. The summed E-state index contributed by atoms with van der Waals surface area (Å²) in [5, 5.41) is 9.23. The Hall–Kier alpha value is -5.78. The second kappa shape index (κ2) is 17.0. The SMILES string of the molecule is Cc1cc(=O)[nH]c2cc(NC(=O)[C@H](CCCCN)NC(=O)[C@H](COCc3ccccc3)NC(=O)OCC3c4ccccc4-c4ccccc43)ccc12. The predicted octanol–water partition coefficient (Wildman–Crippen LogP) is 5.51. The molecule has 0 fully saturated rings. The minimum Gasteiger partial charge on any atom is -0.449 e. The largest absolute Gasteiger partial charge is 0.449 e. The standard InChI is InChI=1S/C41H43N5O6/c1-26-21-38(47)44-36-22-28(18-19-29(26)36)43-39(48)35(17-9-10-20-42)45-40(49)37(25-51-23-27-11-3-2-4-12-27)46-41(50)52-24-34-32-15-7-5-13-30(32)31-14-6-8-16-33(31)34/h2-8,11-16,18-19,21-22,34-35,37H,9-10,17,20,23-25,42H2,1H3,(H,43,48)(H,44,47)(H,45,49)(H,46,50)/t35-,37-/m0/s1. The highest BCUT2D eigenvalue weighted by Gasteiger charge is 2.31. The molecule has 0 saturated heterocycles. The Balaban J connectivity index is 1.15. The quantitative estimate of drug-likeness (QED) is 0.0898. The van der Waals surface area contributed by atoms with E-state index in [-0.39, 0.29) is 31.3 Å². The molecule has 6 N–H and O–H groups in total. The minimum absolute atomic E-state index is 0.0692. The highest BCUT2D eigenvalue weighted by molar-refractivity contribution is 5.99. The van der Waals surface area contributed by atoms with E-state index in [1.54, 1.807) is 12.1 Å². The van der Waals surface area contributed by atoms with Crippen LogP contribution in [0.1, 0.15) is 47.4 Å². The molecule has 52 heavy (non-hydrogen) atoms. The number of benzene rings is 4. The number of hydrogen-bond acceptors (Lipinski definition) is 7. The summed E-state index contributed by atoms with van der Waals surface area (Å²) in [6.45, 7) is 2.38. The van der Waals surface area contributed by atoms with Crippen LogP contribution in [0.2, 0.25) is 0 Å². The maximum absolute atomic E-state index is 13.9. The van der Waals surface area contributed by atoms with E-state index in [4.69, 9.17) is 15.2 Å². The summed E-state index contributed by atoms with van der Waals surface area (Å²) in [6.07, 6.45) is 0.752. The fourth-order valence-corrected chi connectivity index (χ4v) is 6.61. The van der Waals surface area contributed by atoms with E-state index in [2.05, 4.69) is 33.1 Å². The van der Waals surface area contributed by atoms with E-state index < -0.39 is 30.0 Å². The summed E-state index contributed by atoms with van der Waals surface area (Å²) in [4.78, 5) is 55.7. The number of nitrogens with one attached hydrogen (secondary N) is 4. The lowest BCUT2D eigenvalue weighted by atomic mass is 9.98. The second-order valence-electron chi connectivity index (χ2n) is 12.9. The number of amides is 3. The van der Waals surface area contributed by atoms with Gasteiger partial charge in [-0.2, -0.15) is 0 Å². The van der Waals surface area contributed by atoms with Crippen molar-refractivity contribution in [2.45, 2.75) is 50.8 Å². The number of aryl methyl sites for hydroxylation is 1. The highest BCUT2D eigenvalue weighted by atomic mass is 16.5. The van der Waals surface area contributed by atoms with Gasteiger partial charge in [0.15, 0.2) is 0 Å². The Morgan fingerprint density at radius 1 is 0.808 bits per heavy atom. The van der Waals surface area contributed by atoms with Crippen LogP contribution >= 0.6 is 0 Å². The van der Waals surface area contributed by atoms with Crippen molar-refractivity contribution in [3.63, 3.8) is 0 Å². The van der Waals surface area contributed by atoms with Crippen LogP contribution in [0.3, 0.4) is 0 Å². The number of unbranched alkanes of at least 4 members (excludes halogenated alkanes) is 1. The van der Waals surface area contributed by atoms with E-state index in [1.807, 2.05) is 79.7 Å². The molecule has 5 aromatic rings. The topological polar surface area (TPSA) is 165 Å². The number of ether oxygens (including phenoxy) is 2. The average molecular weight is 702 g/mol. The zero-order chi connectivity index (χ0) is 36.5. The molecule has 0 aliphatic heterocycles. The smallest absolute Gasteiger partial charge is 0.407 e. The van der Waals surface area contributed by atoms with Gasteiger partial charge in [-0.1, -0.05) is 84.9 Å².